The van der Waals surface area contributed by atoms with E-state index in [4.69, 9.17) is 4.74 Å². The maximum Gasteiger partial charge on any atom is 0.422 e. The number of carbonyl (C=O) groups is 2. The molecule has 3 aromatic rings. The van der Waals surface area contributed by atoms with E-state index in [2.05, 4.69) is 29.4 Å². The van der Waals surface area contributed by atoms with Gasteiger partial charge in [-0.05, 0) is 62.8 Å². The summed E-state index contributed by atoms with van der Waals surface area (Å²) < 4.78 is 6.90. The molecule has 1 N–H and O–H groups in total. The van der Waals surface area contributed by atoms with Gasteiger partial charge in [0.05, 0.1) is 10.1 Å². The highest BCUT2D eigenvalue weighted by Crippen LogP contribution is 2.30. The van der Waals surface area contributed by atoms with Crippen LogP contribution in [0.2, 0.25) is 0 Å². The largest absolute Gasteiger partial charge is 0.443 e. The van der Waals surface area contributed by atoms with Gasteiger partial charge in [-0.15, -0.1) is 21.5 Å². The molecule has 0 saturated carbocycles. The van der Waals surface area contributed by atoms with E-state index in [1.54, 1.807) is 27.7 Å². The Bertz CT molecular complexity index is 1070. The Kier molecular flexibility index (Phi) is 7.40. The molecule has 32 heavy (non-hydrogen) atoms. The summed E-state index contributed by atoms with van der Waals surface area (Å²) in [6.45, 7) is 11.4. The average Bonchev–Trinajstić information content (AvgIpc) is 3.36. The van der Waals surface area contributed by atoms with Crippen molar-refractivity contribution in [2.75, 3.05) is 5.32 Å². The SMILES string of the molecule is CC(Sc1nnc(-c2cccs2)n1C(=O)OC(C)(C)C)C(=O)Nc1ccc(C(C)C)cc1. The van der Waals surface area contributed by atoms with Gasteiger partial charge in [-0.25, -0.2) is 9.36 Å². The molecule has 1 amide bonds. The Balaban J connectivity index is 1.79. The fourth-order valence-corrected chi connectivity index (χ4v) is 4.33. The quantitative estimate of drug-likeness (QED) is 0.441. The molecule has 1 atom stereocenters. The molecule has 0 spiro atoms. The lowest BCUT2D eigenvalue weighted by Crippen LogP contribution is -2.28. The van der Waals surface area contributed by atoms with Crippen LogP contribution in [0.1, 0.15) is 53.0 Å². The van der Waals surface area contributed by atoms with E-state index in [0.29, 0.717) is 16.9 Å². The summed E-state index contributed by atoms with van der Waals surface area (Å²) >= 11 is 2.61. The number of thioether (sulfide) groups is 1. The molecule has 3 rings (SSSR count). The number of rotatable bonds is 6. The monoisotopic (exact) mass is 472 g/mol. The summed E-state index contributed by atoms with van der Waals surface area (Å²) in [5.74, 6) is 0.628. The number of nitrogens with one attached hydrogen (secondary N) is 1. The van der Waals surface area contributed by atoms with Gasteiger partial charge in [0.2, 0.25) is 11.1 Å². The number of benzene rings is 1. The van der Waals surface area contributed by atoms with E-state index in [1.165, 1.54) is 21.5 Å². The lowest BCUT2D eigenvalue weighted by molar-refractivity contribution is -0.115. The van der Waals surface area contributed by atoms with Crippen molar-refractivity contribution < 1.29 is 14.3 Å². The number of thiophene rings is 1. The van der Waals surface area contributed by atoms with Crippen molar-refractivity contribution in [1.82, 2.24) is 14.8 Å². The Labute approximate surface area is 196 Å². The molecule has 0 aliphatic rings. The standard InChI is InChI=1S/C23H28N4O3S2/c1-14(2)16-9-11-17(12-10-16)24-20(28)15(3)32-21-26-25-19(18-8-7-13-31-18)27(21)22(29)30-23(4,5)6/h7-15H,1-6H3,(H,24,28). The minimum atomic E-state index is -0.679. The van der Waals surface area contributed by atoms with Crippen LogP contribution >= 0.6 is 23.1 Å². The first kappa shape index (κ1) is 24.0. The zero-order valence-corrected chi connectivity index (χ0v) is 20.7. The average molecular weight is 473 g/mol. The lowest BCUT2D eigenvalue weighted by Gasteiger charge is -2.20. The van der Waals surface area contributed by atoms with Crippen LogP contribution in [0.5, 0.6) is 0 Å². The highest BCUT2D eigenvalue weighted by molar-refractivity contribution is 8.00. The lowest BCUT2D eigenvalue weighted by atomic mass is 10.0. The minimum absolute atomic E-state index is 0.191. The van der Waals surface area contributed by atoms with Gasteiger partial charge in [-0.3, -0.25) is 4.79 Å². The molecule has 2 aromatic heterocycles. The van der Waals surface area contributed by atoms with Crippen molar-refractivity contribution in [2.45, 2.75) is 63.5 Å². The van der Waals surface area contributed by atoms with Crippen molar-refractivity contribution in [1.29, 1.82) is 0 Å². The molecular formula is C23H28N4O3S2. The summed E-state index contributed by atoms with van der Waals surface area (Å²) in [4.78, 5) is 26.5. The minimum Gasteiger partial charge on any atom is -0.443 e. The second-order valence-corrected chi connectivity index (χ2v) is 10.9. The van der Waals surface area contributed by atoms with Gasteiger partial charge in [0.1, 0.15) is 5.60 Å². The van der Waals surface area contributed by atoms with Crippen LogP contribution in [0, 0.1) is 0 Å². The summed E-state index contributed by atoms with van der Waals surface area (Å²) in [5.41, 5.74) is 1.25. The van der Waals surface area contributed by atoms with Gasteiger partial charge in [0.15, 0.2) is 5.82 Å². The summed E-state index contributed by atoms with van der Waals surface area (Å²) in [7, 11) is 0. The summed E-state index contributed by atoms with van der Waals surface area (Å²) in [6.07, 6.45) is -0.578. The van der Waals surface area contributed by atoms with Crippen LogP contribution in [0.4, 0.5) is 10.5 Å². The molecule has 7 nitrogen and oxygen atoms in total. The van der Waals surface area contributed by atoms with E-state index in [9.17, 15) is 9.59 Å². The van der Waals surface area contributed by atoms with Crippen molar-refractivity contribution in [3.63, 3.8) is 0 Å². The Morgan fingerprint density at radius 3 is 2.34 bits per heavy atom. The van der Waals surface area contributed by atoms with E-state index >= 15 is 0 Å². The molecule has 0 aliphatic heterocycles. The maximum atomic E-state index is 12.9. The normalized spacial score (nSPS) is 12.6. The zero-order valence-electron chi connectivity index (χ0n) is 19.1. The smallest absolute Gasteiger partial charge is 0.422 e. The second kappa shape index (κ2) is 9.87. The van der Waals surface area contributed by atoms with Crippen molar-refractivity contribution in [2.24, 2.45) is 0 Å². The van der Waals surface area contributed by atoms with Crippen LogP contribution in [0.15, 0.2) is 46.9 Å². The third kappa shape index (κ3) is 5.98. The third-order valence-corrected chi connectivity index (χ3v) is 6.36. The van der Waals surface area contributed by atoms with Gasteiger partial charge < -0.3 is 10.1 Å². The first-order valence-electron chi connectivity index (χ1n) is 10.4. The van der Waals surface area contributed by atoms with Crippen LogP contribution in [-0.4, -0.2) is 37.6 Å². The number of aromatic nitrogens is 3. The Morgan fingerprint density at radius 1 is 1.09 bits per heavy atom. The Morgan fingerprint density at radius 2 is 1.78 bits per heavy atom. The van der Waals surface area contributed by atoms with Gasteiger partial charge in [0.25, 0.3) is 0 Å². The zero-order chi connectivity index (χ0) is 23.5. The van der Waals surface area contributed by atoms with Crippen LogP contribution in [0.25, 0.3) is 10.7 Å². The van der Waals surface area contributed by atoms with Crippen LogP contribution in [0.3, 0.4) is 0 Å². The molecule has 1 aromatic carbocycles. The van der Waals surface area contributed by atoms with E-state index in [-0.39, 0.29) is 5.91 Å². The summed E-state index contributed by atoms with van der Waals surface area (Å²) in [6, 6.07) is 11.5. The number of carbonyl (C=O) groups excluding carboxylic acids is 2. The Hall–Kier alpha value is -2.65. The predicted octanol–water partition coefficient (Wildman–Crippen LogP) is 6.03. The first-order valence-corrected chi connectivity index (χ1v) is 12.1. The number of nitrogens with zero attached hydrogens (tertiary/aromatic N) is 3. The molecular weight excluding hydrogens is 444 g/mol. The topological polar surface area (TPSA) is 86.1 Å². The molecule has 0 radical (unpaired) electrons. The first-order chi connectivity index (χ1) is 15.0. The third-order valence-electron chi connectivity index (χ3n) is 4.45. The van der Waals surface area contributed by atoms with Crippen LogP contribution < -0.4 is 5.32 Å². The van der Waals surface area contributed by atoms with E-state index in [1.807, 2.05) is 41.8 Å². The molecule has 0 bridgehead atoms. The maximum absolute atomic E-state index is 12.9. The fourth-order valence-electron chi connectivity index (χ4n) is 2.79. The van der Waals surface area contributed by atoms with Crippen molar-refractivity contribution in [3.8, 4) is 10.7 Å². The number of hydrogen-bond acceptors (Lipinski definition) is 7. The fraction of sp³-hybridized carbons (Fsp3) is 0.391. The van der Waals surface area contributed by atoms with E-state index < -0.39 is 16.9 Å². The molecule has 0 saturated heterocycles. The molecule has 2 heterocycles. The highest BCUT2D eigenvalue weighted by Gasteiger charge is 2.28. The number of hydrogen-bond donors (Lipinski definition) is 1. The summed E-state index contributed by atoms with van der Waals surface area (Å²) in [5, 5.41) is 13.0. The molecule has 9 heteroatoms. The molecule has 170 valence electrons. The number of anilines is 1. The van der Waals surface area contributed by atoms with E-state index in [0.717, 1.165) is 22.3 Å². The van der Waals surface area contributed by atoms with Gasteiger partial charge >= 0.3 is 6.09 Å². The van der Waals surface area contributed by atoms with Gasteiger partial charge in [-0.2, -0.15) is 0 Å². The van der Waals surface area contributed by atoms with Crippen LogP contribution in [-0.2, 0) is 9.53 Å². The predicted molar refractivity (Wildman–Crippen MR) is 129 cm³/mol. The van der Waals surface area contributed by atoms with Crippen molar-refractivity contribution in [3.05, 3.63) is 47.3 Å². The molecule has 0 aliphatic carbocycles. The van der Waals surface area contributed by atoms with Gasteiger partial charge in [-0.1, -0.05) is 43.8 Å². The second-order valence-electron chi connectivity index (χ2n) is 8.63. The number of ether oxygens (including phenoxy) is 1. The van der Waals surface area contributed by atoms with Gasteiger partial charge in [0, 0.05) is 5.69 Å². The van der Waals surface area contributed by atoms with Crippen molar-refractivity contribution >= 4 is 40.8 Å². The molecule has 1 unspecified atom stereocenters. The highest BCUT2D eigenvalue weighted by atomic mass is 32.2. The number of amides is 1. The molecule has 0 fully saturated rings.